The van der Waals surface area contributed by atoms with E-state index in [0.717, 1.165) is 29.2 Å². The third-order valence-corrected chi connectivity index (χ3v) is 7.73. The summed E-state index contributed by atoms with van der Waals surface area (Å²) in [5, 5.41) is 0.696. The van der Waals surface area contributed by atoms with E-state index in [4.69, 9.17) is 14.1 Å². The lowest BCUT2D eigenvalue weighted by molar-refractivity contribution is -0.137. The van der Waals surface area contributed by atoms with Crippen LogP contribution in [0.25, 0.3) is 0 Å². The molecule has 5 rings (SSSR count). The van der Waals surface area contributed by atoms with Crippen LogP contribution in [0.15, 0.2) is 71.3 Å². The van der Waals surface area contributed by atoms with E-state index in [2.05, 4.69) is 4.37 Å². The fraction of sp³-hybridized carbons (Fsp3) is 0.345. The van der Waals surface area contributed by atoms with Gasteiger partial charge in [0.15, 0.2) is 0 Å². The van der Waals surface area contributed by atoms with Crippen LogP contribution in [0.5, 0.6) is 5.75 Å². The predicted molar refractivity (Wildman–Crippen MR) is 150 cm³/mol. The Morgan fingerprint density at radius 3 is 2.61 bits per heavy atom. The Hall–Kier alpha value is -4.06. The normalized spacial score (nSPS) is 13.9. The highest BCUT2D eigenvalue weighted by molar-refractivity contribution is 7.09. The summed E-state index contributed by atoms with van der Waals surface area (Å²) < 4.78 is 54.8. The Bertz CT molecular complexity index is 1440. The van der Waals surface area contributed by atoms with Crippen molar-refractivity contribution in [2.75, 3.05) is 49.6 Å². The van der Waals surface area contributed by atoms with Gasteiger partial charge in [-0.3, -0.25) is 4.79 Å². The lowest BCUT2D eigenvalue weighted by Gasteiger charge is -2.36. The summed E-state index contributed by atoms with van der Waals surface area (Å²) in [5.74, 6) is 2.18. The summed E-state index contributed by atoms with van der Waals surface area (Å²) in [4.78, 5) is 23.5. The van der Waals surface area contributed by atoms with Gasteiger partial charge in [-0.15, -0.1) is 0 Å². The van der Waals surface area contributed by atoms with Crippen LogP contribution in [0.2, 0.25) is 0 Å². The molecule has 0 saturated carbocycles. The van der Waals surface area contributed by atoms with Gasteiger partial charge in [0.05, 0.1) is 25.5 Å². The van der Waals surface area contributed by atoms with E-state index < -0.39 is 11.7 Å². The van der Waals surface area contributed by atoms with Crippen molar-refractivity contribution >= 4 is 28.3 Å². The first kappa shape index (κ1) is 28.5. The molecule has 0 unspecified atom stereocenters. The van der Waals surface area contributed by atoms with Crippen molar-refractivity contribution in [1.82, 2.24) is 14.3 Å². The van der Waals surface area contributed by atoms with Crippen LogP contribution in [-0.4, -0.2) is 60.0 Å². The highest BCUT2D eigenvalue weighted by Gasteiger charge is 2.31. The van der Waals surface area contributed by atoms with Crippen LogP contribution in [-0.2, 0) is 23.9 Å². The average molecular weight is 586 g/mol. The summed E-state index contributed by atoms with van der Waals surface area (Å²) >= 11 is 1.28. The van der Waals surface area contributed by atoms with Crippen molar-refractivity contribution in [2.45, 2.75) is 25.6 Å². The molecule has 0 radical (unpaired) electrons. The largest absolute Gasteiger partial charge is 0.497 e. The number of amides is 1. The van der Waals surface area contributed by atoms with Crippen molar-refractivity contribution in [3.05, 3.63) is 89.6 Å². The Balaban J connectivity index is 1.19. The summed E-state index contributed by atoms with van der Waals surface area (Å²) in [6.07, 6.45) is -1.97. The number of carbonyl (C=O) groups is 1. The molecule has 3 heterocycles. The molecule has 8 nitrogen and oxygen atoms in total. The number of anilines is 2. The average Bonchev–Trinajstić information content (AvgIpc) is 3.67. The van der Waals surface area contributed by atoms with E-state index in [1.165, 1.54) is 17.6 Å². The lowest BCUT2D eigenvalue weighted by Crippen LogP contribution is -2.49. The van der Waals surface area contributed by atoms with Crippen LogP contribution < -0.4 is 14.5 Å². The molecule has 4 aromatic rings. The van der Waals surface area contributed by atoms with Crippen molar-refractivity contribution in [3.8, 4) is 5.75 Å². The number of methoxy groups -OCH3 is 1. The Labute approximate surface area is 240 Å². The van der Waals surface area contributed by atoms with Crippen LogP contribution >= 0.6 is 11.5 Å². The van der Waals surface area contributed by atoms with Crippen LogP contribution in [0.4, 0.5) is 24.0 Å². The molecule has 12 heteroatoms. The van der Waals surface area contributed by atoms with E-state index in [1.54, 1.807) is 24.3 Å². The Morgan fingerprint density at radius 2 is 1.88 bits per heavy atom. The first-order chi connectivity index (χ1) is 19.8. The van der Waals surface area contributed by atoms with Crippen molar-refractivity contribution in [1.29, 1.82) is 0 Å². The fourth-order valence-electron chi connectivity index (χ4n) is 4.72. The first-order valence-corrected chi connectivity index (χ1v) is 14.0. The van der Waals surface area contributed by atoms with E-state index in [0.29, 0.717) is 62.3 Å². The van der Waals surface area contributed by atoms with Gasteiger partial charge in [0, 0.05) is 62.8 Å². The van der Waals surface area contributed by atoms with Crippen LogP contribution in [0, 0.1) is 0 Å². The number of hydrogen-bond donors (Lipinski definition) is 0. The maximum atomic E-state index is 13.1. The first-order valence-electron chi connectivity index (χ1n) is 13.2. The highest BCUT2D eigenvalue weighted by atomic mass is 32.1. The van der Waals surface area contributed by atoms with Gasteiger partial charge in [-0.05, 0) is 48.0 Å². The van der Waals surface area contributed by atoms with Gasteiger partial charge >= 0.3 is 6.18 Å². The summed E-state index contributed by atoms with van der Waals surface area (Å²) in [6, 6.07) is 16.8. The van der Waals surface area contributed by atoms with E-state index in [-0.39, 0.29) is 12.3 Å². The molecule has 2 aromatic carbocycles. The van der Waals surface area contributed by atoms with Crippen molar-refractivity contribution < 1.29 is 27.1 Å². The number of ether oxygens (including phenoxy) is 1. The molecule has 0 aliphatic carbocycles. The molecule has 216 valence electrons. The standard InChI is InChI=1S/C29H30F3N5O3S/c1-39-24-8-2-5-21(17-24)18-26-33-28(41-34-26)37(20-25-9-4-16-40-25)11-10-27(38)36-14-12-35(13-15-36)23-7-3-6-22(19-23)29(30,31)32/h2-9,16-17,19H,10-15,18,20H2,1H3. The molecule has 0 bridgehead atoms. The number of alkyl halides is 3. The van der Waals surface area contributed by atoms with Gasteiger partial charge in [0.2, 0.25) is 11.0 Å². The molecule has 0 atom stereocenters. The smallest absolute Gasteiger partial charge is 0.416 e. The Kier molecular flexibility index (Phi) is 8.77. The van der Waals surface area contributed by atoms with Gasteiger partial charge in [0.1, 0.15) is 17.3 Å². The second-order valence-corrected chi connectivity index (χ2v) is 10.4. The number of nitrogens with zero attached hydrogens (tertiary/aromatic N) is 5. The van der Waals surface area contributed by atoms with Gasteiger partial charge in [-0.2, -0.15) is 17.5 Å². The van der Waals surface area contributed by atoms with Gasteiger partial charge in [-0.1, -0.05) is 18.2 Å². The minimum atomic E-state index is -4.39. The monoisotopic (exact) mass is 585 g/mol. The molecule has 41 heavy (non-hydrogen) atoms. The molecule has 0 N–H and O–H groups in total. The molecule has 1 saturated heterocycles. The minimum Gasteiger partial charge on any atom is -0.497 e. The molecular weight excluding hydrogens is 555 g/mol. The molecule has 1 fully saturated rings. The number of hydrogen-bond acceptors (Lipinski definition) is 8. The predicted octanol–water partition coefficient (Wildman–Crippen LogP) is 5.49. The van der Waals surface area contributed by atoms with E-state index >= 15 is 0 Å². The lowest BCUT2D eigenvalue weighted by atomic mass is 10.1. The topological polar surface area (TPSA) is 74.9 Å². The maximum Gasteiger partial charge on any atom is 0.416 e. The number of benzene rings is 2. The molecule has 0 spiro atoms. The third-order valence-electron chi connectivity index (χ3n) is 6.92. The molecule has 1 aliphatic heterocycles. The summed E-state index contributed by atoms with van der Waals surface area (Å²) in [6.45, 7) is 2.67. The minimum absolute atomic E-state index is 0.0146. The molecular formula is C29H30F3N5O3S. The van der Waals surface area contributed by atoms with E-state index in [9.17, 15) is 18.0 Å². The second-order valence-electron chi connectivity index (χ2n) is 9.69. The zero-order chi connectivity index (χ0) is 28.8. The van der Waals surface area contributed by atoms with Crippen molar-refractivity contribution in [3.63, 3.8) is 0 Å². The van der Waals surface area contributed by atoms with Crippen molar-refractivity contribution in [2.24, 2.45) is 0 Å². The number of piperazine rings is 1. The highest BCUT2D eigenvalue weighted by Crippen LogP contribution is 2.32. The number of carbonyl (C=O) groups excluding carboxylic acids is 1. The Morgan fingerprint density at radius 1 is 1.07 bits per heavy atom. The zero-order valence-electron chi connectivity index (χ0n) is 22.5. The van der Waals surface area contributed by atoms with Gasteiger partial charge < -0.3 is 23.9 Å². The molecule has 1 aliphatic rings. The second kappa shape index (κ2) is 12.6. The fourth-order valence-corrected chi connectivity index (χ4v) is 5.43. The van der Waals surface area contributed by atoms with Gasteiger partial charge in [-0.25, -0.2) is 4.98 Å². The number of halogens is 3. The quantitative estimate of drug-likeness (QED) is 0.244. The maximum absolute atomic E-state index is 13.1. The molecule has 1 amide bonds. The zero-order valence-corrected chi connectivity index (χ0v) is 23.3. The number of rotatable bonds is 10. The third kappa shape index (κ3) is 7.37. The number of furan rings is 1. The summed E-state index contributed by atoms with van der Waals surface area (Å²) in [5.41, 5.74) is 0.872. The molecule has 2 aromatic heterocycles. The van der Waals surface area contributed by atoms with Gasteiger partial charge in [0.25, 0.3) is 0 Å². The van der Waals surface area contributed by atoms with Crippen LogP contribution in [0.3, 0.4) is 0 Å². The van der Waals surface area contributed by atoms with E-state index in [1.807, 2.05) is 46.2 Å². The SMILES string of the molecule is COc1cccc(Cc2nsc(N(CCC(=O)N3CCN(c4cccc(C(F)(F)F)c4)CC3)Cc3ccco3)n2)c1. The van der Waals surface area contributed by atoms with Crippen LogP contribution in [0.1, 0.15) is 29.1 Å². The summed E-state index contributed by atoms with van der Waals surface area (Å²) in [7, 11) is 1.63. The number of aromatic nitrogens is 2.